The van der Waals surface area contributed by atoms with Crippen LogP contribution < -0.4 is 10.1 Å². The van der Waals surface area contributed by atoms with Crippen molar-refractivity contribution in [2.45, 2.75) is 38.8 Å². The van der Waals surface area contributed by atoms with Crippen molar-refractivity contribution in [2.24, 2.45) is 0 Å². The Labute approximate surface area is 125 Å². The predicted molar refractivity (Wildman–Crippen MR) is 82.4 cm³/mol. The molecule has 3 rings (SSSR count). The highest BCUT2D eigenvalue weighted by atomic mass is 16.5. The van der Waals surface area contributed by atoms with E-state index in [1.807, 2.05) is 31.5 Å². The van der Waals surface area contributed by atoms with Gasteiger partial charge in [-0.1, -0.05) is 19.1 Å². The fraction of sp³-hybridized carbons (Fsp3) is 0.412. The molecule has 1 aromatic heterocycles. The largest absolute Gasteiger partial charge is 0.490 e. The van der Waals surface area contributed by atoms with Gasteiger partial charge in [-0.15, -0.1) is 0 Å². The standard InChI is InChI=1S/C17H21N3O/c1-3-18-16(17-19-10-12(2)11-20-17)13-5-4-6-15(9-13)21-14-7-8-14/h4-6,9-11,14,16,18H,3,7-8H2,1-2H3. The molecule has 1 atom stereocenters. The van der Waals surface area contributed by atoms with Gasteiger partial charge < -0.3 is 10.1 Å². The SMILES string of the molecule is CCNC(c1cccc(OC2CC2)c1)c1ncc(C)cn1. The molecule has 2 aromatic rings. The smallest absolute Gasteiger partial charge is 0.149 e. The van der Waals surface area contributed by atoms with Crippen LogP contribution in [-0.4, -0.2) is 22.6 Å². The summed E-state index contributed by atoms with van der Waals surface area (Å²) in [5, 5.41) is 3.45. The molecule has 1 saturated carbocycles. The van der Waals surface area contributed by atoms with E-state index in [-0.39, 0.29) is 6.04 Å². The van der Waals surface area contributed by atoms with Gasteiger partial charge >= 0.3 is 0 Å². The molecule has 110 valence electrons. The Morgan fingerprint density at radius 1 is 1.29 bits per heavy atom. The van der Waals surface area contributed by atoms with Gasteiger partial charge in [0.25, 0.3) is 0 Å². The minimum absolute atomic E-state index is 0.00152. The number of hydrogen-bond acceptors (Lipinski definition) is 4. The molecular weight excluding hydrogens is 262 g/mol. The van der Waals surface area contributed by atoms with Crippen molar-refractivity contribution in [3.05, 3.63) is 53.6 Å². The van der Waals surface area contributed by atoms with E-state index in [0.29, 0.717) is 6.10 Å². The molecule has 1 N–H and O–H groups in total. The van der Waals surface area contributed by atoms with Gasteiger partial charge in [-0.05, 0) is 49.6 Å². The number of rotatable bonds is 6. The van der Waals surface area contributed by atoms with Gasteiger partial charge in [-0.3, -0.25) is 0 Å². The van der Waals surface area contributed by atoms with E-state index < -0.39 is 0 Å². The molecule has 1 heterocycles. The first-order chi connectivity index (χ1) is 10.3. The number of ether oxygens (including phenoxy) is 1. The fourth-order valence-corrected chi connectivity index (χ4v) is 2.26. The molecule has 0 saturated heterocycles. The van der Waals surface area contributed by atoms with Crippen LogP contribution in [0.4, 0.5) is 0 Å². The van der Waals surface area contributed by atoms with E-state index in [1.54, 1.807) is 0 Å². The van der Waals surface area contributed by atoms with Gasteiger partial charge in [-0.25, -0.2) is 9.97 Å². The number of benzene rings is 1. The third-order valence-corrected chi connectivity index (χ3v) is 3.49. The zero-order valence-electron chi connectivity index (χ0n) is 12.5. The second-order valence-corrected chi connectivity index (χ2v) is 5.50. The van der Waals surface area contributed by atoms with Crippen molar-refractivity contribution >= 4 is 0 Å². The van der Waals surface area contributed by atoms with Gasteiger partial charge in [0.2, 0.25) is 0 Å². The lowest BCUT2D eigenvalue weighted by Gasteiger charge is -2.18. The van der Waals surface area contributed by atoms with Crippen molar-refractivity contribution < 1.29 is 4.74 Å². The van der Waals surface area contributed by atoms with E-state index >= 15 is 0 Å². The molecular formula is C17H21N3O. The molecule has 1 unspecified atom stereocenters. The maximum absolute atomic E-state index is 5.88. The van der Waals surface area contributed by atoms with Crippen LogP contribution in [0.15, 0.2) is 36.7 Å². The summed E-state index contributed by atoms with van der Waals surface area (Å²) in [5.74, 6) is 1.73. The van der Waals surface area contributed by atoms with Crippen LogP contribution in [0.5, 0.6) is 5.75 Å². The van der Waals surface area contributed by atoms with E-state index in [2.05, 4.69) is 34.3 Å². The number of aryl methyl sites for hydroxylation is 1. The molecule has 1 aliphatic carbocycles. The summed E-state index contributed by atoms with van der Waals surface area (Å²) in [4.78, 5) is 8.92. The van der Waals surface area contributed by atoms with Gasteiger partial charge in [0.1, 0.15) is 11.6 Å². The Bertz CT molecular complexity index is 593. The zero-order valence-corrected chi connectivity index (χ0v) is 12.5. The van der Waals surface area contributed by atoms with Crippen molar-refractivity contribution in [3.63, 3.8) is 0 Å². The first-order valence-corrected chi connectivity index (χ1v) is 7.55. The highest BCUT2D eigenvalue weighted by Crippen LogP contribution is 2.29. The quantitative estimate of drug-likeness (QED) is 0.885. The lowest BCUT2D eigenvalue weighted by Crippen LogP contribution is -2.24. The van der Waals surface area contributed by atoms with Crippen LogP contribution in [0.3, 0.4) is 0 Å². The van der Waals surface area contributed by atoms with E-state index in [4.69, 9.17) is 4.74 Å². The highest BCUT2D eigenvalue weighted by Gasteiger charge is 2.24. The van der Waals surface area contributed by atoms with Crippen molar-refractivity contribution in [2.75, 3.05) is 6.54 Å². The Balaban J connectivity index is 1.86. The minimum Gasteiger partial charge on any atom is -0.490 e. The summed E-state index contributed by atoms with van der Waals surface area (Å²) in [6.07, 6.45) is 6.46. The maximum atomic E-state index is 5.88. The maximum Gasteiger partial charge on any atom is 0.149 e. The molecule has 0 aliphatic heterocycles. The van der Waals surface area contributed by atoms with Crippen LogP contribution in [0.25, 0.3) is 0 Å². The van der Waals surface area contributed by atoms with Crippen molar-refractivity contribution in [1.29, 1.82) is 0 Å². The van der Waals surface area contributed by atoms with Crippen LogP contribution in [-0.2, 0) is 0 Å². The summed E-state index contributed by atoms with van der Waals surface area (Å²) >= 11 is 0. The minimum atomic E-state index is -0.00152. The van der Waals surface area contributed by atoms with Crippen LogP contribution in [0, 0.1) is 6.92 Å². The predicted octanol–water partition coefficient (Wildman–Crippen LogP) is 3.03. The van der Waals surface area contributed by atoms with Gasteiger partial charge in [0, 0.05) is 12.4 Å². The van der Waals surface area contributed by atoms with E-state index in [9.17, 15) is 0 Å². The molecule has 0 bridgehead atoms. The number of nitrogens with zero attached hydrogens (tertiary/aromatic N) is 2. The third kappa shape index (κ3) is 3.58. The molecule has 1 aromatic carbocycles. The molecule has 0 amide bonds. The molecule has 1 aliphatic rings. The first-order valence-electron chi connectivity index (χ1n) is 7.55. The van der Waals surface area contributed by atoms with E-state index in [1.165, 1.54) is 12.8 Å². The molecule has 21 heavy (non-hydrogen) atoms. The lowest BCUT2D eigenvalue weighted by atomic mass is 10.1. The van der Waals surface area contributed by atoms with Crippen LogP contribution >= 0.6 is 0 Å². The summed E-state index contributed by atoms with van der Waals surface area (Å²) in [5.41, 5.74) is 2.21. The number of hydrogen-bond donors (Lipinski definition) is 1. The zero-order chi connectivity index (χ0) is 14.7. The monoisotopic (exact) mass is 283 g/mol. The third-order valence-electron chi connectivity index (χ3n) is 3.49. The first kappa shape index (κ1) is 14.0. The second kappa shape index (κ2) is 6.22. The Morgan fingerprint density at radius 2 is 2.05 bits per heavy atom. The average Bonchev–Trinajstić information content (AvgIpc) is 3.30. The summed E-state index contributed by atoms with van der Waals surface area (Å²) in [7, 11) is 0. The molecule has 1 fully saturated rings. The van der Waals surface area contributed by atoms with E-state index in [0.717, 1.165) is 29.2 Å². The summed E-state index contributed by atoms with van der Waals surface area (Å²) in [6.45, 7) is 4.94. The molecule has 0 radical (unpaired) electrons. The Kier molecular flexibility index (Phi) is 4.15. The highest BCUT2D eigenvalue weighted by molar-refractivity contribution is 5.33. The normalized spacial score (nSPS) is 15.7. The molecule has 0 spiro atoms. The molecule has 4 nitrogen and oxygen atoms in total. The lowest BCUT2D eigenvalue weighted by molar-refractivity contribution is 0.302. The average molecular weight is 283 g/mol. The number of nitrogens with one attached hydrogen (secondary N) is 1. The molecule has 4 heteroatoms. The van der Waals surface area contributed by atoms with Crippen LogP contribution in [0.1, 0.15) is 42.8 Å². The fourth-order valence-electron chi connectivity index (χ4n) is 2.26. The number of aromatic nitrogens is 2. The second-order valence-electron chi connectivity index (χ2n) is 5.50. The van der Waals surface area contributed by atoms with Gasteiger partial charge in [0.05, 0.1) is 12.1 Å². The topological polar surface area (TPSA) is 47.0 Å². The Hall–Kier alpha value is -1.94. The van der Waals surface area contributed by atoms with Gasteiger partial charge in [0.15, 0.2) is 0 Å². The van der Waals surface area contributed by atoms with Crippen molar-refractivity contribution in [3.8, 4) is 5.75 Å². The van der Waals surface area contributed by atoms with Crippen LogP contribution in [0.2, 0.25) is 0 Å². The van der Waals surface area contributed by atoms with Crippen molar-refractivity contribution in [1.82, 2.24) is 15.3 Å². The summed E-state index contributed by atoms with van der Waals surface area (Å²) < 4.78 is 5.88. The van der Waals surface area contributed by atoms with Gasteiger partial charge in [-0.2, -0.15) is 0 Å². The Morgan fingerprint density at radius 3 is 2.71 bits per heavy atom. The summed E-state index contributed by atoms with van der Waals surface area (Å²) in [6, 6.07) is 8.23.